The number of ether oxygens (including phenoxy) is 2. The average Bonchev–Trinajstić information content (AvgIpc) is 2.63. The lowest BCUT2D eigenvalue weighted by Gasteiger charge is -2.09. The van der Waals surface area contributed by atoms with E-state index in [9.17, 15) is 4.79 Å². The Bertz CT molecular complexity index is 858. The van der Waals surface area contributed by atoms with Gasteiger partial charge in [-0.3, -0.25) is 0 Å². The number of benzene rings is 3. The van der Waals surface area contributed by atoms with E-state index in [1.165, 1.54) is 0 Å². The van der Waals surface area contributed by atoms with Crippen molar-refractivity contribution in [3.05, 3.63) is 83.4 Å². The SMILES string of the molecule is Cc1cc(Cl)ccc1OC(=O)COc1ccc(-c2ccccc2)cc1. The number of rotatable bonds is 5. The Kier molecular flexibility index (Phi) is 5.36. The van der Waals surface area contributed by atoms with Crippen molar-refractivity contribution < 1.29 is 14.3 Å². The number of hydrogen-bond acceptors (Lipinski definition) is 3. The van der Waals surface area contributed by atoms with Crippen LogP contribution in [0.5, 0.6) is 11.5 Å². The Morgan fingerprint density at radius 1 is 0.920 bits per heavy atom. The second kappa shape index (κ2) is 7.86. The quantitative estimate of drug-likeness (QED) is 0.461. The highest BCUT2D eigenvalue weighted by Gasteiger charge is 2.09. The fourth-order valence-electron chi connectivity index (χ4n) is 2.40. The van der Waals surface area contributed by atoms with Gasteiger partial charge in [0.1, 0.15) is 11.5 Å². The van der Waals surface area contributed by atoms with Crippen LogP contribution in [0.1, 0.15) is 5.56 Å². The number of aryl methyl sites for hydroxylation is 1. The minimum Gasteiger partial charge on any atom is -0.482 e. The third-order valence-electron chi connectivity index (χ3n) is 3.68. The predicted molar refractivity (Wildman–Crippen MR) is 99.2 cm³/mol. The van der Waals surface area contributed by atoms with Gasteiger partial charge in [0.2, 0.25) is 0 Å². The highest BCUT2D eigenvalue weighted by atomic mass is 35.5. The number of esters is 1. The molecular formula is C21H17ClO3. The molecule has 0 unspecified atom stereocenters. The monoisotopic (exact) mass is 352 g/mol. The number of carbonyl (C=O) groups excluding carboxylic acids is 1. The van der Waals surface area contributed by atoms with Gasteiger partial charge in [0.05, 0.1) is 0 Å². The molecule has 0 aliphatic rings. The molecule has 0 aliphatic carbocycles. The minimum absolute atomic E-state index is 0.160. The van der Waals surface area contributed by atoms with Crippen molar-refractivity contribution >= 4 is 17.6 Å². The summed E-state index contributed by atoms with van der Waals surface area (Å²) in [5, 5.41) is 0.604. The summed E-state index contributed by atoms with van der Waals surface area (Å²) < 4.78 is 10.8. The van der Waals surface area contributed by atoms with Gasteiger partial charge in [-0.2, -0.15) is 0 Å². The van der Waals surface area contributed by atoms with Gasteiger partial charge in [0.15, 0.2) is 6.61 Å². The van der Waals surface area contributed by atoms with Crippen LogP contribution in [0.3, 0.4) is 0 Å². The highest BCUT2D eigenvalue weighted by molar-refractivity contribution is 6.30. The van der Waals surface area contributed by atoms with Crippen molar-refractivity contribution in [2.45, 2.75) is 6.92 Å². The van der Waals surface area contributed by atoms with Crippen molar-refractivity contribution in [3.8, 4) is 22.6 Å². The molecule has 126 valence electrons. The van der Waals surface area contributed by atoms with Crippen LogP contribution in [0.4, 0.5) is 0 Å². The first-order valence-corrected chi connectivity index (χ1v) is 8.25. The largest absolute Gasteiger partial charge is 0.482 e. The van der Waals surface area contributed by atoms with Crippen LogP contribution >= 0.6 is 11.6 Å². The van der Waals surface area contributed by atoms with Crippen LogP contribution in [0.15, 0.2) is 72.8 Å². The highest BCUT2D eigenvalue weighted by Crippen LogP contribution is 2.23. The molecule has 0 aromatic heterocycles. The zero-order valence-electron chi connectivity index (χ0n) is 13.7. The van der Waals surface area contributed by atoms with Gasteiger partial charge in [0.25, 0.3) is 0 Å². The molecule has 0 saturated heterocycles. The Hall–Kier alpha value is -2.78. The zero-order chi connectivity index (χ0) is 17.6. The molecule has 3 aromatic carbocycles. The molecule has 0 saturated carbocycles. The summed E-state index contributed by atoms with van der Waals surface area (Å²) in [5.74, 6) is 0.638. The van der Waals surface area contributed by atoms with E-state index in [2.05, 4.69) is 0 Å². The van der Waals surface area contributed by atoms with E-state index in [1.807, 2.05) is 61.5 Å². The topological polar surface area (TPSA) is 35.5 Å². The van der Waals surface area contributed by atoms with Crippen molar-refractivity contribution in [1.29, 1.82) is 0 Å². The van der Waals surface area contributed by atoms with Gasteiger partial charge in [-0.15, -0.1) is 0 Å². The van der Waals surface area contributed by atoms with E-state index in [-0.39, 0.29) is 6.61 Å². The number of halogens is 1. The molecule has 0 atom stereocenters. The Balaban J connectivity index is 1.57. The summed E-state index contributed by atoms with van der Waals surface area (Å²) in [4.78, 5) is 11.9. The third kappa shape index (κ3) is 4.61. The van der Waals surface area contributed by atoms with Crippen LogP contribution in [-0.4, -0.2) is 12.6 Å². The fourth-order valence-corrected chi connectivity index (χ4v) is 2.62. The molecule has 3 rings (SSSR count). The third-order valence-corrected chi connectivity index (χ3v) is 3.91. The van der Waals surface area contributed by atoms with Gasteiger partial charge in [-0.05, 0) is 53.9 Å². The maximum atomic E-state index is 11.9. The van der Waals surface area contributed by atoms with Crippen LogP contribution < -0.4 is 9.47 Å². The van der Waals surface area contributed by atoms with Gasteiger partial charge >= 0.3 is 5.97 Å². The van der Waals surface area contributed by atoms with E-state index in [4.69, 9.17) is 21.1 Å². The molecule has 0 spiro atoms. The van der Waals surface area contributed by atoms with Crippen molar-refractivity contribution in [1.82, 2.24) is 0 Å². The van der Waals surface area contributed by atoms with Crippen LogP contribution in [-0.2, 0) is 4.79 Å². The molecule has 4 heteroatoms. The summed E-state index contributed by atoms with van der Waals surface area (Å²) in [6.07, 6.45) is 0. The second-order valence-corrected chi connectivity index (χ2v) is 6.00. The number of hydrogen-bond donors (Lipinski definition) is 0. The maximum absolute atomic E-state index is 11.9. The zero-order valence-corrected chi connectivity index (χ0v) is 14.5. The number of carbonyl (C=O) groups is 1. The van der Waals surface area contributed by atoms with E-state index in [0.29, 0.717) is 16.5 Å². The lowest BCUT2D eigenvalue weighted by atomic mass is 10.1. The molecule has 0 heterocycles. The molecule has 0 radical (unpaired) electrons. The van der Waals surface area contributed by atoms with Crippen LogP contribution in [0.2, 0.25) is 5.02 Å². The lowest BCUT2D eigenvalue weighted by Crippen LogP contribution is -2.18. The second-order valence-electron chi connectivity index (χ2n) is 5.56. The molecule has 0 fully saturated rings. The van der Waals surface area contributed by atoms with Crippen molar-refractivity contribution in [3.63, 3.8) is 0 Å². The molecular weight excluding hydrogens is 336 g/mol. The van der Waals surface area contributed by atoms with E-state index in [1.54, 1.807) is 18.2 Å². The first-order chi connectivity index (χ1) is 12.1. The summed E-state index contributed by atoms with van der Waals surface area (Å²) in [7, 11) is 0. The average molecular weight is 353 g/mol. The summed E-state index contributed by atoms with van der Waals surface area (Å²) in [6.45, 7) is 1.67. The first-order valence-electron chi connectivity index (χ1n) is 7.87. The van der Waals surface area contributed by atoms with Crippen molar-refractivity contribution in [2.75, 3.05) is 6.61 Å². The van der Waals surface area contributed by atoms with Crippen LogP contribution in [0.25, 0.3) is 11.1 Å². The van der Waals surface area contributed by atoms with Gasteiger partial charge in [0, 0.05) is 5.02 Å². The van der Waals surface area contributed by atoms with E-state index >= 15 is 0 Å². The molecule has 0 aliphatic heterocycles. The minimum atomic E-state index is -0.461. The van der Waals surface area contributed by atoms with Gasteiger partial charge in [-0.25, -0.2) is 4.79 Å². The van der Waals surface area contributed by atoms with Gasteiger partial charge < -0.3 is 9.47 Å². The van der Waals surface area contributed by atoms with Crippen molar-refractivity contribution in [2.24, 2.45) is 0 Å². The normalized spacial score (nSPS) is 10.3. The van der Waals surface area contributed by atoms with E-state index in [0.717, 1.165) is 16.7 Å². The fraction of sp³-hybridized carbons (Fsp3) is 0.0952. The Morgan fingerprint density at radius 3 is 2.28 bits per heavy atom. The molecule has 3 aromatic rings. The van der Waals surface area contributed by atoms with Crippen LogP contribution in [0, 0.1) is 6.92 Å². The maximum Gasteiger partial charge on any atom is 0.349 e. The Labute approximate surface area is 151 Å². The Morgan fingerprint density at radius 2 is 1.60 bits per heavy atom. The predicted octanol–water partition coefficient (Wildman–Crippen LogP) is 5.30. The summed E-state index contributed by atoms with van der Waals surface area (Å²) >= 11 is 5.89. The lowest BCUT2D eigenvalue weighted by molar-refractivity contribution is -0.136. The van der Waals surface area contributed by atoms with E-state index < -0.39 is 5.97 Å². The smallest absolute Gasteiger partial charge is 0.349 e. The summed E-state index contributed by atoms with van der Waals surface area (Å²) in [5.41, 5.74) is 3.02. The standard InChI is InChI=1S/C21H17ClO3/c1-15-13-18(22)9-12-20(15)25-21(23)14-24-19-10-7-17(8-11-19)16-5-3-2-4-6-16/h2-13H,14H2,1H3. The molecule has 0 bridgehead atoms. The molecule has 0 N–H and O–H groups in total. The molecule has 25 heavy (non-hydrogen) atoms. The first kappa shape index (κ1) is 17.1. The molecule has 0 amide bonds. The summed E-state index contributed by atoms with van der Waals surface area (Å²) in [6, 6.07) is 22.7. The van der Waals surface area contributed by atoms with Gasteiger partial charge in [-0.1, -0.05) is 54.1 Å². The molecule has 3 nitrogen and oxygen atoms in total.